The normalized spacial score (nSPS) is 23.0. The Labute approximate surface area is 191 Å². The molecule has 2 aromatic carbocycles. The second-order valence-electron chi connectivity index (χ2n) is 8.58. The molecule has 4 rings (SSSR count). The van der Waals surface area contributed by atoms with Crippen LogP contribution in [-0.2, 0) is 21.0 Å². The minimum Gasteiger partial charge on any atom is -0.743 e. The summed E-state index contributed by atoms with van der Waals surface area (Å²) < 4.78 is 84.0. The van der Waals surface area contributed by atoms with E-state index in [4.69, 9.17) is 0 Å². The quantitative estimate of drug-likeness (QED) is 0.182. The van der Waals surface area contributed by atoms with Crippen LogP contribution >= 0.6 is 0 Å². The molecule has 0 saturated heterocycles. The van der Waals surface area contributed by atoms with Crippen LogP contribution in [-0.4, -0.2) is 41.6 Å². The van der Waals surface area contributed by atoms with Crippen molar-refractivity contribution in [3.05, 3.63) is 46.5 Å². The number of benzene rings is 2. The van der Waals surface area contributed by atoms with Crippen LogP contribution in [0.4, 0.5) is 23.2 Å². The molecule has 2 aliphatic rings. The summed E-state index contributed by atoms with van der Waals surface area (Å²) in [4.78, 5) is 11.8. The summed E-state index contributed by atoms with van der Waals surface area (Å²) in [7, 11) is -6.25. The highest BCUT2D eigenvalue weighted by atomic mass is 32.2. The third kappa shape index (κ3) is 4.69. The van der Waals surface area contributed by atoms with E-state index >= 15 is 0 Å². The third-order valence-electron chi connectivity index (χ3n) is 6.40. The van der Waals surface area contributed by atoms with Gasteiger partial charge in [0.1, 0.15) is 12.5 Å². The van der Waals surface area contributed by atoms with Crippen molar-refractivity contribution in [2.45, 2.75) is 41.8 Å². The molecule has 2 aliphatic carbocycles. The lowest BCUT2D eigenvalue weighted by molar-refractivity contribution is -0.383. The van der Waals surface area contributed by atoms with Crippen LogP contribution in [0.1, 0.15) is 25.7 Å². The molecule has 0 aliphatic heterocycles. The summed E-state index contributed by atoms with van der Waals surface area (Å²) in [5, 5.41) is 7.10. The van der Waals surface area contributed by atoms with Crippen molar-refractivity contribution in [2.75, 3.05) is 12.5 Å². The van der Waals surface area contributed by atoms with Gasteiger partial charge in [0.05, 0.1) is 10.3 Å². The molecule has 2 aromatic rings. The number of nitro benzene ring substituents is 1. The van der Waals surface area contributed by atoms with E-state index in [1.807, 2.05) is 30.3 Å². The van der Waals surface area contributed by atoms with Gasteiger partial charge in [0, 0.05) is 34.3 Å². The first-order valence-corrected chi connectivity index (χ1v) is 13.6. The molecule has 3 unspecified atom stereocenters. The number of halogens is 4. The molecule has 12 heteroatoms. The number of rotatable bonds is 5. The summed E-state index contributed by atoms with van der Waals surface area (Å²) in [6, 6.07) is 11.0. The van der Waals surface area contributed by atoms with Crippen LogP contribution < -0.4 is 0 Å². The lowest BCUT2D eigenvalue weighted by atomic mass is 9.84. The van der Waals surface area contributed by atoms with Crippen LogP contribution in [0.5, 0.6) is 0 Å². The predicted octanol–water partition coefficient (Wildman–Crippen LogP) is 5.18. The molecule has 182 valence electrons. The molecular formula is C21H23F4NO5S2. The van der Waals surface area contributed by atoms with Gasteiger partial charge in [0.2, 0.25) is 0 Å². The summed E-state index contributed by atoms with van der Waals surface area (Å²) in [5.41, 5.74) is 0.185. The van der Waals surface area contributed by atoms with Gasteiger partial charge in [0.15, 0.2) is 15.0 Å². The monoisotopic (exact) mass is 509 g/mol. The Bertz CT molecular complexity index is 1160. The fraction of sp³-hybridized carbons (Fsp3) is 0.524. The van der Waals surface area contributed by atoms with Crippen LogP contribution in [0.25, 0.3) is 10.8 Å². The summed E-state index contributed by atoms with van der Waals surface area (Å²) >= 11 is 0. The Balaban J connectivity index is 0.000000186. The molecule has 0 N–H and O–H groups in total. The molecule has 6 nitrogen and oxygen atoms in total. The van der Waals surface area contributed by atoms with Crippen molar-refractivity contribution in [2.24, 2.45) is 17.8 Å². The Hall–Kier alpha value is -1.92. The van der Waals surface area contributed by atoms with Gasteiger partial charge in [-0.15, -0.1) is 0 Å². The number of nitro groups is 1. The van der Waals surface area contributed by atoms with Gasteiger partial charge in [-0.25, -0.2) is 8.42 Å². The second kappa shape index (κ2) is 9.03. The zero-order valence-electron chi connectivity index (χ0n) is 17.8. The zero-order valence-corrected chi connectivity index (χ0v) is 19.5. The molecule has 0 spiro atoms. The molecule has 3 atom stereocenters. The fourth-order valence-electron chi connectivity index (χ4n) is 4.84. The smallest absolute Gasteiger partial charge is 0.396 e. The molecule has 0 aromatic heterocycles. The third-order valence-corrected chi connectivity index (χ3v) is 8.54. The van der Waals surface area contributed by atoms with E-state index in [-0.39, 0.29) is 33.8 Å². The van der Waals surface area contributed by atoms with Crippen LogP contribution in [0.15, 0.2) is 41.3 Å². The van der Waals surface area contributed by atoms with Crippen LogP contribution in [0.2, 0.25) is 0 Å². The Morgan fingerprint density at radius 2 is 1.61 bits per heavy atom. The SMILES string of the molecule is C[S+](C)c1ccc([N+](=O)[O-])c2ccccc12.O=S(=O)([O-])C(F)(F)C(F)(F)C1CC2CCC1C2. The molecule has 33 heavy (non-hydrogen) atoms. The van der Waals surface area contributed by atoms with E-state index < -0.39 is 33.1 Å². The van der Waals surface area contributed by atoms with Gasteiger partial charge >= 0.3 is 11.2 Å². The van der Waals surface area contributed by atoms with Crippen molar-refractivity contribution in [1.82, 2.24) is 0 Å². The van der Waals surface area contributed by atoms with Crippen molar-refractivity contribution < 1.29 is 35.5 Å². The molecule has 2 saturated carbocycles. The molecule has 0 heterocycles. The number of hydrogen-bond donors (Lipinski definition) is 0. The number of hydrogen-bond acceptors (Lipinski definition) is 5. The fourth-order valence-corrected chi connectivity index (χ4v) is 6.28. The van der Waals surface area contributed by atoms with Crippen LogP contribution in [0, 0.1) is 27.9 Å². The minimum atomic E-state index is -6.35. The van der Waals surface area contributed by atoms with Gasteiger partial charge in [-0.2, -0.15) is 17.6 Å². The van der Waals surface area contributed by atoms with Crippen molar-refractivity contribution in [3.63, 3.8) is 0 Å². The molecule has 2 bridgehead atoms. The van der Waals surface area contributed by atoms with E-state index in [0.717, 1.165) is 10.8 Å². The number of fused-ring (bicyclic) bond motifs is 3. The first-order valence-electron chi connectivity index (χ1n) is 10.1. The number of nitrogens with zero attached hydrogens (tertiary/aromatic N) is 1. The number of alkyl halides is 4. The van der Waals surface area contributed by atoms with Crippen molar-refractivity contribution >= 4 is 37.5 Å². The summed E-state index contributed by atoms with van der Waals surface area (Å²) in [5.74, 6) is -7.10. The largest absolute Gasteiger partial charge is 0.743 e. The van der Waals surface area contributed by atoms with E-state index in [9.17, 15) is 40.6 Å². The van der Waals surface area contributed by atoms with Gasteiger partial charge in [-0.1, -0.05) is 18.6 Å². The van der Waals surface area contributed by atoms with E-state index in [1.165, 1.54) is 4.90 Å². The topological polar surface area (TPSA) is 100 Å². The van der Waals surface area contributed by atoms with E-state index in [2.05, 4.69) is 12.5 Å². The minimum absolute atomic E-state index is 0.0407. The zero-order chi connectivity index (χ0) is 24.8. The Kier molecular flexibility index (Phi) is 7.03. The highest BCUT2D eigenvalue weighted by Crippen LogP contribution is 2.58. The maximum atomic E-state index is 13.5. The lowest BCUT2D eigenvalue weighted by Gasteiger charge is -2.36. The summed E-state index contributed by atoms with van der Waals surface area (Å²) in [6.07, 6.45) is 5.66. The summed E-state index contributed by atoms with van der Waals surface area (Å²) in [6.45, 7) is 0. The average molecular weight is 510 g/mol. The van der Waals surface area contributed by atoms with Crippen molar-refractivity contribution in [1.29, 1.82) is 0 Å². The van der Waals surface area contributed by atoms with Crippen LogP contribution in [0.3, 0.4) is 0 Å². The first kappa shape index (κ1) is 25.7. The Morgan fingerprint density at radius 1 is 1.00 bits per heavy atom. The first-order chi connectivity index (χ1) is 15.2. The maximum absolute atomic E-state index is 13.5. The van der Waals surface area contributed by atoms with Gasteiger partial charge in [-0.3, -0.25) is 10.1 Å². The van der Waals surface area contributed by atoms with E-state index in [0.29, 0.717) is 19.3 Å². The van der Waals surface area contributed by atoms with Gasteiger partial charge in [0.25, 0.3) is 5.69 Å². The predicted molar refractivity (Wildman–Crippen MR) is 117 cm³/mol. The maximum Gasteiger partial charge on any atom is 0.396 e. The molecule has 2 fully saturated rings. The van der Waals surface area contributed by atoms with E-state index in [1.54, 1.807) is 6.07 Å². The lowest BCUT2D eigenvalue weighted by Crippen LogP contribution is -2.52. The average Bonchev–Trinajstić information content (AvgIpc) is 3.36. The standard InChI is InChI=1S/C12H12NO2S.C9H12F4O3S/c1-16(2)12-8-7-11(13(14)15)9-5-3-4-6-10(9)12;10-8(11,9(12,13)17(14,15)16)7-4-5-1-2-6(7)3-5/h3-8H,1-2H3;5-7H,1-4H2,(H,14,15,16)/q+1;/p-1. The van der Waals surface area contributed by atoms with Crippen molar-refractivity contribution in [3.8, 4) is 0 Å². The highest BCUT2D eigenvalue weighted by molar-refractivity contribution is 7.95. The second-order valence-corrected chi connectivity index (χ2v) is 12.1. The molecular weight excluding hydrogens is 486 g/mol. The highest BCUT2D eigenvalue weighted by Gasteiger charge is 2.68. The molecule has 0 amide bonds. The Morgan fingerprint density at radius 3 is 2.06 bits per heavy atom. The van der Waals surface area contributed by atoms with Gasteiger partial charge in [-0.05, 0) is 43.2 Å². The van der Waals surface area contributed by atoms with Gasteiger partial charge < -0.3 is 4.55 Å². The molecule has 0 radical (unpaired) electrons. The number of non-ortho nitro benzene ring substituents is 1.